The predicted molar refractivity (Wildman–Crippen MR) is 150 cm³/mol. The van der Waals surface area contributed by atoms with Gasteiger partial charge in [0.15, 0.2) is 0 Å². The first-order valence-electron chi connectivity index (χ1n) is 12.6. The van der Waals surface area contributed by atoms with Crippen molar-refractivity contribution in [3.8, 4) is 0 Å². The lowest BCUT2D eigenvalue weighted by Gasteiger charge is -2.34. The number of likely N-dealkylation sites (N-methyl/N-ethyl adjacent to an activating group) is 1. The Morgan fingerprint density at radius 1 is 1.14 bits per heavy atom. The number of aromatic nitrogens is 2. The molecule has 1 aliphatic heterocycles. The van der Waals surface area contributed by atoms with Gasteiger partial charge in [0.05, 0.1) is 6.54 Å². The van der Waals surface area contributed by atoms with Gasteiger partial charge in [-0.25, -0.2) is 4.99 Å². The molecule has 7 heteroatoms. The molecular formula is C29H36N6O. The highest BCUT2D eigenvalue weighted by Crippen LogP contribution is 2.24. The van der Waals surface area contributed by atoms with E-state index in [0.29, 0.717) is 12.4 Å². The highest BCUT2D eigenvalue weighted by atomic mass is 16.1. The molecule has 1 aromatic carbocycles. The summed E-state index contributed by atoms with van der Waals surface area (Å²) in [5, 5.41) is 3.54. The first-order valence-corrected chi connectivity index (χ1v) is 12.6. The monoisotopic (exact) mass is 484 g/mol. The van der Waals surface area contributed by atoms with Gasteiger partial charge >= 0.3 is 0 Å². The molecule has 0 aliphatic carbocycles. The van der Waals surface area contributed by atoms with Gasteiger partial charge in [-0.2, -0.15) is 0 Å². The van der Waals surface area contributed by atoms with Crippen LogP contribution in [0, 0.1) is 5.92 Å². The van der Waals surface area contributed by atoms with Crippen molar-refractivity contribution in [2.45, 2.75) is 26.8 Å². The van der Waals surface area contributed by atoms with E-state index < -0.39 is 0 Å². The summed E-state index contributed by atoms with van der Waals surface area (Å²) in [5.74, 6) is 1.58. The molecule has 1 aliphatic rings. The van der Waals surface area contributed by atoms with Gasteiger partial charge in [-0.15, -0.1) is 0 Å². The normalized spacial score (nSPS) is 15.5. The van der Waals surface area contributed by atoms with E-state index >= 15 is 0 Å². The van der Waals surface area contributed by atoms with E-state index in [9.17, 15) is 4.79 Å². The maximum absolute atomic E-state index is 12.9. The summed E-state index contributed by atoms with van der Waals surface area (Å²) in [6, 6.07) is 15.7. The third-order valence-corrected chi connectivity index (χ3v) is 6.78. The number of piperazine rings is 1. The third-order valence-electron chi connectivity index (χ3n) is 6.78. The summed E-state index contributed by atoms with van der Waals surface area (Å²) in [5.41, 5.74) is 3.85. The molecule has 7 nitrogen and oxygen atoms in total. The van der Waals surface area contributed by atoms with Crippen molar-refractivity contribution in [2.75, 3.05) is 43.4 Å². The summed E-state index contributed by atoms with van der Waals surface area (Å²) in [4.78, 5) is 26.9. The maximum atomic E-state index is 12.9. The first-order chi connectivity index (χ1) is 17.5. The van der Waals surface area contributed by atoms with E-state index in [2.05, 4.69) is 71.8 Å². The zero-order valence-corrected chi connectivity index (χ0v) is 21.5. The molecule has 36 heavy (non-hydrogen) atoms. The standard InChI is InChI=1S/C29H36N6O/c1-5-22(3)28(31-25-10-12-26(13-11-25)34-18-16-33(4)17-19-34)32-29-24(6-2)9-14-27(36)35(29)21-23-8-7-15-30-20-23/h6-15,20,22H,2,5,16-19,21H2,1,3-4H3,(H,31,32). The predicted octanol–water partition coefficient (Wildman–Crippen LogP) is 4.87. The molecule has 0 spiro atoms. The summed E-state index contributed by atoms with van der Waals surface area (Å²) in [7, 11) is 2.17. The Kier molecular flexibility index (Phi) is 8.33. The molecule has 3 aromatic rings. The Bertz CT molecular complexity index is 1240. The van der Waals surface area contributed by atoms with Gasteiger partial charge in [-0.05, 0) is 55.4 Å². The fraction of sp³-hybridized carbons (Fsp3) is 0.345. The molecule has 4 rings (SSSR count). The summed E-state index contributed by atoms with van der Waals surface area (Å²) in [6.45, 7) is 12.9. The van der Waals surface area contributed by atoms with Crippen LogP contribution < -0.4 is 15.8 Å². The molecule has 1 unspecified atom stereocenters. The van der Waals surface area contributed by atoms with E-state index in [-0.39, 0.29) is 11.5 Å². The van der Waals surface area contributed by atoms with Crippen LogP contribution in [-0.2, 0) is 6.54 Å². The van der Waals surface area contributed by atoms with Crippen LogP contribution in [-0.4, -0.2) is 53.5 Å². The summed E-state index contributed by atoms with van der Waals surface area (Å²) >= 11 is 0. The summed E-state index contributed by atoms with van der Waals surface area (Å²) < 4.78 is 1.69. The van der Waals surface area contributed by atoms with Gasteiger partial charge in [-0.1, -0.05) is 32.6 Å². The van der Waals surface area contributed by atoms with E-state index in [1.54, 1.807) is 35.2 Å². The number of anilines is 2. The van der Waals surface area contributed by atoms with E-state index in [4.69, 9.17) is 4.99 Å². The van der Waals surface area contributed by atoms with Crippen molar-refractivity contribution in [2.24, 2.45) is 10.9 Å². The van der Waals surface area contributed by atoms with E-state index in [1.165, 1.54) is 5.69 Å². The Morgan fingerprint density at radius 3 is 2.53 bits per heavy atom. The Hall–Kier alpha value is -3.71. The minimum absolute atomic E-state index is 0.108. The second-order valence-corrected chi connectivity index (χ2v) is 9.37. The molecule has 1 N–H and O–H groups in total. The Morgan fingerprint density at radius 2 is 1.89 bits per heavy atom. The van der Waals surface area contributed by atoms with Crippen LogP contribution in [0.2, 0.25) is 0 Å². The van der Waals surface area contributed by atoms with Crippen molar-refractivity contribution < 1.29 is 0 Å². The first kappa shape index (κ1) is 25.4. The SMILES string of the molecule is C=Cc1ccc(=O)n(Cc2cccnc2)c1N=C(Nc1ccc(N2CCN(C)CC2)cc1)C(C)CC. The molecule has 0 bridgehead atoms. The van der Waals surface area contributed by atoms with Crippen molar-refractivity contribution >= 4 is 29.1 Å². The lowest BCUT2D eigenvalue weighted by molar-refractivity contribution is 0.313. The summed E-state index contributed by atoms with van der Waals surface area (Å²) in [6.07, 6.45) is 6.16. The number of rotatable bonds is 8. The van der Waals surface area contributed by atoms with Crippen molar-refractivity contribution in [3.63, 3.8) is 0 Å². The lowest BCUT2D eigenvalue weighted by Crippen LogP contribution is -2.44. The van der Waals surface area contributed by atoms with E-state index in [0.717, 1.165) is 55.2 Å². The van der Waals surface area contributed by atoms with Crippen LogP contribution in [0.25, 0.3) is 6.08 Å². The van der Waals surface area contributed by atoms with Crippen molar-refractivity contribution in [1.29, 1.82) is 0 Å². The molecular weight excluding hydrogens is 448 g/mol. The second-order valence-electron chi connectivity index (χ2n) is 9.37. The number of benzene rings is 1. The Labute approximate surface area is 213 Å². The van der Waals surface area contributed by atoms with Crippen LogP contribution in [0.1, 0.15) is 31.4 Å². The molecule has 1 fully saturated rings. The van der Waals surface area contributed by atoms with Crippen LogP contribution in [0.4, 0.5) is 17.2 Å². The minimum Gasteiger partial charge on any atom is -0.369 e. The zero-order valence-electron chi connectivity index (χ0n) is 21.5. The number of hydrogen-bond donors (Lipinski definition) is 1. The van der Waals surface area contributed by atoms with Gasteiger partial charge in [0.1, 0.15) is 11.7 Å². The van der Waals surface area contributed by atoms with Crippen molar-refractivity contribution in [3.05, 3.63) is 89.0 Å². The van der Waals surface area contributed by atoms with Crippen molar-refractivity contribution in [1.82, 2.24) is 14.5 Å². The topological polar surface area (TPSA) is 65.8 Å². The van der Waals surface area contributed by atoms with Gasteiger partial charge in [0.2, 0.25) is 0 Å². The van der Waals surface area contributed by atoms with Gasteiger partial charge in [-0.3, -0.25) is 14.3 Å². The lowest BCUT2D eigenvalue weighted by atomic mass is 10.1. The van der Waals surface area contributed by atoms with Gasteiger partial charge < -0.3 is 15.1 Å². The molecule has 0 radical (unpaired) electrons. The largest absolute Gasteiger partial charge is 0.369 e. The fourth-order valence-corrected chi connectivity index (χ4v) is 4.23. The number of pyridine rings is 2. The fourth-order valence-electron chi connectivity index (χ4n) is 4.23. The Balaban J connectivity index is 1.65. The van der Waals surface area contributed by atoms with Crippen LogP contribution in [0.5, 0.6) is 0 Å². The second kappa shape index (κ2) is 11.8. The van der Waals surface area contributed by atoms with Gasteiger partial charge in [0.25, 0.3) is 5.56 Å². The third kappa shape index (κ3) is 6.10. The highest BCUT2D eigenvalue weighted by molar-refractivity contribution is 5.98. The average molecular weight is 485 g/mol. The molecule has 1 saturated heterocycles. The van der Waals surface area contributed by atoms with Crippen LogP contribution in [0.15, 0.2) is 77.3 Å². The highest BCUT2D eigenvalue weighted by Gasteiger charge is 2.16. The smallest absolute Gasteiger partial charge is 0.252 e. The number of amidine groups is 1. The number of nitrogens with one attached hydrogen (secondary N) is 1. The molecule has 1 atom stereocenters. The number of aliphatic imine (C=N–C) groups is 1. The molecule has 3 heterocycles. The zero-order chi connectivity index (χ0) is 25.5. The number of hydrogen-bond acceptors (Lipinski definition) is 5. The molecule has 188 valence electrons. The van der Waals surface area contributed by atoms with E-state index in [1.807, 2.05) is 12.1 Å². The minimum atomic E-state index is -0.108. The maximum Gasteiger partial charge on any atom is 0.252 e. The molecule has 2 aromatic heterocycles. The van der Waals surface area contributed by atoms with Gasteiger partial charge in [0, 0.05) is 67.5 Å². The van der Waals surface area contributed by atoms with Crippen LogP contribution in [0.3, 0.4) is 0 Å². The molecule has 0 amide bonds. The molecule has 0 saturated carbocycles. The average Bonchev–Trinajstić information content (AvgIpc) is 2.91. The number of nitrogens with zero attached hydrogens (tertiary/aromatic N) is 5. The van der Waals surface area contributed by atoms with Crippen LogP contribution >= 0.6 is 0 Å². The quantitative estimate of drug-likeness (QED) is 0.365.